The second kappa shape index (κ2) is 9.08. The van der Waals surface area contributed by atoms with E-state index in [2.05, 4.69) is 16.9 Å². The molecule has 0 bridgehead atoms. The van der Waals surface area contributed by atoms with Crippen LogP contribution in [-0.2, 0) is 12.8 Å². The first-order chi connectivity index (χ1) is 12.5. The molecule has 0 aromatic carbocycles. The fourth-order valence-corrected chi connectivity index (χ4v) is 2.93. The van der Waals surface area contributed by atoms with Crippen LogP contribution in [0.1, 0.15) is 71.4 Å². The first kappa shape index (κ1) is 19.6. The molecule has 2 N–H and O–H groups in total. The average Bonchev–Trinajstić information content (AvgIpc) is 2.64. The molecular formula is C20H24N2O4. The van der Waals surface area contributed by atoms with E-state index in [1.807, 2.05) is 6.92 Å². The lowest BCUT2D eigenvalue weighted by Gasteiger charge is -2.15. The van der Waals surface area contributed by atoms with Crippen LogP contribution in [-0.4, -0.2) is 32.1 Å². The monoisotopic (exact) mass is 356 g/mol. The summed E-state index contributed by atoms with van der Waals surface area (Å²) in [4.78, 5) is 31.9. The van der Waals surface area contributed by atoms with Gasteiger partial charge in [0.05, 0.1) is 22.5 Å². The second-order valence-corrected chi connectivity index (χ2v) is 6.23. The summed E-state index contributed by atoms with van der Waals surface area (Å²) in [5.74, 6) is -2.03. The number of unbranched alkanes of at least 4 members (excludes halogenated alkanes) is 2. The zero-order valence-electron chi connectivity index (χ0n) is 15.2. The van der Waals surface area contributed by atoms with Crippen molar-refractivity contribution in [2.45, 2.75) is 52.4 Å². The molecule has 0 atom stereocenters. The van der Waals surface area contributed by atoms with Crippen LogP contribution in [0.2, 0.25) is 0 Å². The molecule has 0 aliphatic carbocycles. The van der Waals surface area contributed by atoms with Gasteiger partial charge in [-0.1, -0.05) is 26.7 Å². The van der Waals surface area contributed by atoms with Crippen molar-refractivity contribution in [2.24, 2.45) is 0 Å². The maximum Gasteiger partial charge on any atom is 0.336 e. The quantitative estimate of drug-likeness (QED) is 0.697. The third kappa shape index (κ3) is 4.45. The van der Waals surface area contributed by atoms with E-state index in [4.69, 9.17) is 0 Å². The molecule has 0 fully saturated rings. The van der Waals surface area contributed by atoms with Crippen LogP contribution in [0, 0.1) is 0 Å². The molecule has 0 radical (unpaired) electrons. The van der Waals surface area contributed by atoms with Crippen LogP contribution >= 0.6 is 0 Å². The lowest BCUT2D eigenvalue weighted by atomic mass is 9.93. The van der Waals surface area contributed by atoms with Crippen LogP contribution in [0.3, 0.4) is 0 Å². The molecule has 0 spiro atoms. The Morgan fingerprint density at radius 1 is 1.00 bits per heavy atom. The van der Waals surface area contributed by atoms with E-state index in [9.17, 15) is 19.8 Å². The first-order valence-electron chi connectivity index (χ1n) is 8.93. The Balaban J connectivity index is 2.64. The van der Waals surface area contributed by atoms with E-state index < -0.39 is 11.9 Å². The van der Waals surface area contributed by atoms with Crippen molar-refractivity contribution in [3.63, 3.8) is 0 Å². The molecule has 0 saturated heterocycles. The number of hydrogen-bond acceptors (Lipinski definition) is 4. The molecule has 26 heavy (non-hydrogen) atoms. The Labute approximate surface area is 152 Å². The van der Waals surface area contributed by atoms with Gasteiger partial charge in [0.1, 0.15) is 0 Å². The SMILES string of the molecule is CCCCc1cnc(-c2cc(C(=O)O)ccn2)c(CCCC)c1C(=O)O. The normalized spacial score (nSPS) is 10.7. The summed E-state index contributed by atoms with van der Waals surface area (Å²) in [6, 6.07) is 2.85. The number of aryl methyl sites for hydroxylation is 1. The van der Waals surface area contributed by atoms with Gasteiger partial charge in [-0.15, -0.1) is 0 Å². The van der Waals surface area contributed by atoms with Crippen molar-refractivity contribution in [2.75, 3.05) is 0 Å². The second-order valence-electron chi connectivity index (χ2n) is 6.23. The Kier molecular flexibility index (Phi) is 6.83. The maximum absolute atomic E-state index is 12.0. The van der Waals surface area contributed by atoms with Gasteiger partial charge in [-0.3, -0.25) is 9.97 Å². The number of rotatable bonds is 9. The molecule has 6 nitrogen and oxygen atoms in total. The summed E-state index contributed by atoms with van der Waals surface area (Å²) in [6.45, 7) is 4.10. The molecule has 0 saturated carbocycles. The lowest BCUT2D eigenvalue weighted by Crippen LogP contribution is -2.11. The van der Waals surface area contributed by atoms with Gasteiger partial charge in [0.2, 0.25) is 0 Å². The number of carboxylic acids is 2. The molecule has 0 amide bonds. The predicted molar refractivity (Wildman–Crippen MR) is 98.6 cm³/mol. The summed E-state index contributed by atoms with van der Waals surface area (Å²) in [5.41, 5.74) is 2.61. The highest BCUT2D eigenvalue weighted by Crippen LogP contribution is 2.28. The summed E-state index contributed by atoms with van der Waals surface area (Å²) >= 11 is 0. The highest BCUT2D eigenvalue weighted by molar-refractivity contribution is 5.93. The van der Waals surface area contributed by atoms with E-state index in [1.165, 1.54) is 18.3 Å². The van der Waals surface area contributed by atoms with E-state index in [-0.39, 0.29) is 5.56 Å². The molecule has 138 valence electrons. The van der Waals surface area contributed by atoms with Crippen LogP contribution in [0.25, 0.3) is 11.4 Å². The Bertz CT molecular complexity index is 802. The maximum atomic E-state index is 12.0. The Morgan fingerprint density at radius 3 is 2.31 bits per heavy atom. The third-order valence-corrected chi connectivity index (χ3v) is 4.30. The highest BCUT2D eigenvalue weighted by Gasteiger charge is 2.21. The van der Waals surface area contributed by atoms with Gasteiger partial charge >= 0.3 is 11.9 Å². The standard InChI is InChI=1S/C20H24N2O4/c1-3-5-7-14-12-22-18(15(8-6-4-2)17(14)20(25)26)16-11-13(19(23)24)9-10-21-16/h9-12H,3-8H2,1-2H3,(H,23,24)(H,25,26). The number of carboxylic acid groups (broad SMARTS) is 2. The van der Waals surface area contributed by atoms with Crippen molar-refractivity contribution < 1.29 is 19.8 Å². The number of nitrogens with zero attached hydrogens (tertiary/aromatic N) is 2. The zero-order valence-corrected chi connectivity index (χ0v) is 15.2. The number of aromatic carboxylic acids is 2. The van der Waals surface area contributed by atoms with Crippen LogP contribution in [0.15, 0.2) is 24.5 Å². The molecule has 6 heteroatoms. The Hall–Kier alpha value is -2.76. The van der Waals surface area contributed by atoms with E-state index in [1.54, 1.807) is 6.20 Å². The summed E-state index contributed by atoms with van der Waals surface area (Å²) in [6.07, 6.45) is 7.83. The molecule has 0 aliphatic rings. The van der Waals surface area contributed by atoms with Gasteiger partial charge in [-0.25, -0.2) is 9.59 Å². The smallest absolute Gasteiger partial charge is 0.336 e. The molecule has 2 aromatic rings. The van der Waals surface area contributed by atoms with E-state index >= 15 is 0 Å². The molecule has 2 rings (SSSR count). The van der Waals surface area contributed by atoms with Crippen LogP contribution in [0.4, 0.5) is 0 Å². The van der Waals surface area contributed by atoms with E-state index in [0.29, 0.717) is 35.4 Å². The van der Waals surface area contributed by atoms with Crippen molar-refractivity contribution in [3.8, 4) is 11.4 Å². The molecule has 2 aromatic heterocycles. The van der Waals surface area contributed by atoms with Crippen molar-refractivity contribution in [3.05, 3.63) is 46.8 Å². The minimum Gasteiger partial charge on any atom is -0.478 e. The number of aromatic nitrogens is 2. The largest absolute Gasteiger partial charge is 0.478 e. The van der Waals surface area contributed by atoms with Crippen molar-refractivity contribution >= 4 is 11.9 Å². The van der Waals surface area contributed by atoms with Crippen LogP contribution in [0.5, 0.6) is 0 Å². The first-order valence-corrected chi connectivity index (χ1v) is 8.93. The molecule has 0 unspecified atom stereocenters. The van der Waals surface area contributed by atoms with Gasteiger partial charge in [0, 0.05) is 12.4 Å². The van der Waals surface area contributed by atoms with Gasteiger partial charge in [0.15, 0.2) is 0 Å². The number of carbonyl (C=O) groups is 2. The highest BCUT2D eigenvalue weighted by atomic mass is 16.4. The fourth-order valence-electron chi connectivity index (χ4n) is 2.93. The average molecular weight is 356 g/mol. The van der Waals surface area contributed by atoms with Crippen molar-refractivity contribution in [1.82, 2.24) is 9.97 Å². The van der Waals surface area contributed by atoms with E-state index in [0.717, 1.165) is 31.2 Å². The zero-order chi connectivity index (χ0) is 19.1. The van der Waals surface area contributed by atoms with Gasteiger partial charge in [-0.05, 0) is 48.9 Å². The van der Waals surface area contributed by atoms with Gasteiger partial charge in [0.25, 0.3) is 0 Å². The predicted octanol–water partition coefficient (Wildman–Crippen LogP) is 4.23. The minimum absolute atomic E-state index is 0.102. The molecule has 0 aliphatic heterocycles. The molecule has 2 heterocycles. The van der Waals surface area contributed by atoms with Crippen molar-refractivity contribution in [1.29, 1.82) is 0 Å². The Morgan fingerprint density at radius 2 is 1.69 bits per heavy atom. The topological polar surface area (TPSA) is 100 Å². The third-order valence-electron chi connectivity index (χ3n) is 4.30. The van der Waals surface area contributed by atoms with Gasteiger partial charge in [-0.2, -0.15) is 0 Å². The number of hydrogen-bond donors (Lipinski definition) is 2. The van der Waals surface area contributed by atoms with Crippen LogP contribution < -0.4 is 0 Å². The minimum atomic E-state index is -1.05. The molecular weight excluding hydrogens is 332 g/mol. The summed E-state index contributed by atoms with van der Waals surface area (Å²) in [5, 5.41) is 19.0. The summed E-state index contributed by atoms with van der Waals surface area (Å²) < 4.78 is 0. The summed E-state index contributed by atoms with van der Waals surface area (Å²) in [7, 11) is 0. The van der Waals surface area contributed by atoms with Gasteiger partial charge < -0.3 is 10.2 Å². The number of pyridine rings is 2. The lowest BCUT2D eigenvalue weighted by molar-refractivity contribution is 0.0684. The fraction of sp³-hybridized carbons (Fsp3) is 0.400.